The van der Waals surface area contributed by atoms with Crippen LogP contribution in [0.25, 0.3) is 10.1 Å². The number of hydrogen-bond acceptors (Lipinski definition) is 2. The first kappa shape index (κ1) is 12.7. The van der Waals surface area contributed by atoms with Gasteiger partial charge in [-0.25, -0.2) is 8.93 Å². The molecule has 0 radical (unpaired) electrons. The molecule has 1 N–H and O–H groups in total. The summed E-state index contributed by atoms with van der Waals surface area (Å²) in [6.07, 6.45) is 0. The van der Waals surface area contributed by atoms with Crippen molar-refractivity contribution in [1.29, 1.82) is 0 Å². The zero-order chi connectivity index (χ0) is 12.6. The second kappa shape index (κ2) is 4.52. The standard InChI is InChI=1S/C13H17NOS2/c1-9-5-6-11(12-10(9)7-8-16-12)17(15)14-13(2,3)4/h5-8,14H,1-4H3. The molecule has 1 heterocycles. The monoisotopic (exact) mass is 267 g/mol. The molecule has 0 fully saturated rings. The summed E-state index contributed by atoms with van der Waals surface area (Å²) in [5, 5.41) is 3.26. The van der Waals surface area contributed by atoms with Crippen molar-refractivity contribution in [2.75, 3.05) is 0 Å². The predicted octanol–water partition coefficient (Wildman–Crippen LogP) is 3.62. The Labute approximate surface area is 109 Å². The van der Waals surface area contributed by atoms with E-state index >= 15 is 0 Å². The Morgan fingerprint density at radius 3 is 2.59 bits per heavy atom. The first-order chi connectivity index (χ1) is 7.88. The summed E-state index contributed by atoms with van der Waals surface area (Å²) in [5.74, 6) is 0. The molecule has 4 heteroatoms. The van der Waals surface area contributed by atoms with Crippen molar-refractivity contribution in [2.45, 2.75) is 38.1 Å². The Balaban J connectivity index is 2.46. The Morgan fingerprint density at radius 2 is 1.94 bits per heavy atom. The Bertz CT molecular complexity index is 566. The molecular formula is C13H17NOS2. The van der Waals surface area contributed by atoms with Crippen LogP contribution in [0.15, 0.2) is 28.5 Å². The zero-order valence-electron chi connectivity index (χ0n) is 10.5. The smallest absolute Gasteiger partial charge is 0.126 e. The lowest BCUT2D eigenvalue weighted by atomic mass is 10.1. The lowest BCUT2D eigenvalue weighted by molar-refractivity contribution is 0.520. The first-order valence-corrected chi connectivity index (χ1v) is 7.58. The second-order valence-electron chi connectivity index (χ2n) is 5.16. The molecule has 17 heavy (non-hydrogen) atoms. The van der Waals surface area contributed by atoms with Gasteiger partial charge in [-0.05, 0) is 56.2 Å². The third-order valence-electron chi connectivity index (χ3n) is 2.40. The van der Waals surface area contributed by atoms with E-state index in [9.17, 15) is 4.21 Å². The minimum atomic E-state index is -1.15. The van der Waals surface area contributed by atoms with Gasteiger partial charge in [0.05, 0.1) is 9.60 Å². The lowest BCUT2D eigenvalue weighted by Crippen LogP contribution is -2.37. The van der Waals surface area contributed by atoms with E-state index in [-0.39, 0.29) is 5.54 Å². The minimum absolute atomic E-state index is 0.153. The van der Waals surface area contributed by atoms with Crippen LogP contribution in [-0.2, 0) is 11.0 Å². The highest BCUT2D eigenvalue weighted by atomic mass is 32.2. The molecule has 0 bridgehead atoms. The van der Waals surface area contributed by atoms with Gasteiger partial charge in [-0.3, -0.25) is 0 Å². The fourth-order valence-electron chi connectivity index (χ4n) is 1.66. The van der Waals surface area contributed by atoms with Crippen molar-refractivity contribution in [3.05, 3.63) is 29.1 Å². The van der Waals surface area contributed by atoms with E-state index in [0.717, 1.165) is 9.60 Å². The molecule has 0 saturated carbocycles. The number of fused-ring (bicyclic) bond motifs is 1. The van der Waals surface area contributed by atoms with Gasteiger partial charge in [-0.1, -0.05) is 6.07 Å². The molecule has 1 unspecified atom stereocenters. The predicted molar refractivity (Wildman–Crippen MR) is 75.9 cm³/mol. The molecule has 0 aliphatic heterocycles. The van der Waals surface area contributed by atoms with Crippen molar-refractivity contribution in [3.8, 4) is 0 Å². The molecule has 0 aliphatic carbocycles. The highest BCUT2D eigenvalue weighted by Gasteiger charge is 2.17. The maximum absolute atomic E-state index is 12.3. The summed E-state index contributed by atoms with van der Waals surface area (Å²) in [4.78, 5) is 0.885. The van der Waals surface area contributed by atoms with Crippen molar-refractivity contribution in [3.63, 3.8) is 0 Å². The van der Waals surface area contributed by atoms with E-state index in [1.165, 1.54) is 10.9 Å². The van der Waals surface area contributed by atoms with Gasteiger partial charge < -0.3 is 0 Å². The summed E-state index contributed by atoms with van der Waals surface area (Å²) >= 11 is 1.65. The fraction of sp³-hybridized carbons (Fsp3) is 0.385. The Hall–Kier alpha value is -0.710. The van der Waals surface area contributed by atoms with Crippen LogP contribution >= 0.6 is 11.3 Å². The summed E-state index contributed by atoms with van der Waals surface area (Å²) in [6, 6.07) is 6.09. The molecule has 2 nitrogen and oxygen atoms in total. The van der Waals surface area contributed by atoms with Gasteiger partial charge in [-0.15, -0.1) is 11.3 Å². The van der Waals surface area contributed by atoms with Crippen LogP contribution in [0.3, 0.4) is 0 Å². The van der Waals surface area contributed by atoms with E-state index < -0.39 is 11.0 Å². The summed E-state index contributed by atoms with van der Waals surface area (Å²) < 4.78 is 16.5. The maximum atomic E-state index is 12.3. The number of aryl methyl sites for hydroxylation is 1. The minimum Gasteiger partial charge on any atom is -0.237 e. The van der Waals surface area contributed by atoms with Crippen LogP contribution in [0.4, 0.5) is 0 Å². The van der Waals surface area contributed by atoms with E-state index in [1.807, 2.05) is 32.9 Å². The number of nitrogens with one attached hydrogen (secondary N) is 1. The van der Waals surface area contributed by atoms with Crippen LogP contribution in [0.5, 0.6) is 0 Å². The quantitative estimate of drug-likeness (QED) is 0.884. The topological polar surface area (TPSA) is 29.1 Å². The normalized spacial score (nSPS) is 14.1. The molecule has 1 aromatic carbocycles. The molecule has 0 aliphatic rings. The molecule has 0 saturated heterocycles. The molecule has 2 aromatic rings. The van der Waals surface area contributed by atoms with Gasteiger partial charge in [0.25, 0.3) is 0 Å². The third kappa shape index (κ3) is 2.76. The van der Waals surface area contributed by atoms with Gasteiger partial charge in [0, 0.05) is 5.54 Å². The lowest BCUT2D eigenvalue weighted by Gasteiger charge is -2.19. The van der Waals surface area contributed by atoms with Gasteiger partial charge in [0.2, 0.25) is 0 Å². The molecular weight excluding hydrogens is 250 g/mol. The maximum Gasteiger partial charge on any atom is 0.126 e. The van der Waals surface area contributed by atoms with E-state index in [4.69, 9.17) is 0 Å². The van der Waals surface area contributed by atoms with Crippen LogP contribution in [0, 0.1) is 6.92 Å². The van der Waals surface area contributed by atoms with E-state index in [1.54, 1.807) is 11.3 Å². The molecule has 1 atom stereocenters. The molecule has 2 rings (SSSR count). The van der Waals surface area contributed by atoms with E-state index in [0.29, 0.717) is 0 Å². The number of hydrogen-bond donors (Lipinski definition) is 1. The zero-order valence-corrected chi connectivity index (χ0v) is 12.2. The van der Waals surface area contributed by atoms with E-state index in [2.05, 4.69) is 23.1 Å². The highest BCUT2D eigenvalue weighted by molar-refractivity contribution is 7.83. The van der Waals surface area contributed by atoms with Crippen molar-refractivity contribution in [1.82, 2.24) is 4.72 Å². The van der Waals surface area contributed by atoms with Crippen molar-refractivity contribution in [2.24, 2.45) is 0 Å². The molecule has 1 aromatic heterocycles. The summed E-state index contributed by atoms with van der Waals surface area (Å²) in [7, 11) is -1.15. The van der Waals surface area contributed by atoms with Crippen molar-refractivity contribution < 1.29 is 4.21 Å². The number of thiophene rings is 1. The van der Waals surface area contributed by atoms with Crippen LogP contribution in [0.2, 0.25) is 0 Å². The van der Waals surface area contributed by atoms with Crippen LogP contribution < -0.4 is 4.72 Å². The van der Waals surface area contributed by atoms with Gasteiger partial charge in [0.15, 0.2) is 0 Å². The third-order valence-corrected chi connectivity index (χ3v) is 5.01. The van der Waals surface area contributed by atoms with Gasteiger partial charge in [-0.2, -0.15) is 0 Å². The summed E-state index contributed by atoms with van der Waals surface area (Å²) in [6.45, 7) is 8.14. The number of benzene rings is 1. The SMILES string of the molecule is Cc1ccc(S(=O)NC(C)(C)C)c2sccc12. The number of rotatable bonds is 2. The molecule has 92 valence electrons. The first-order valence-electron chi connectivity index (χ1n) is 5.55. The highest BCUT2D eigenvalue weighted by Crippen LogP contribution is 2.29. The van der Waals surface area contributed by atoms with Crippen molar-refractivity contribution >= 4 is 32.4 Å². The average molecular weight is 267 g/mol. The van der Waals surface area contributed by atoms with Crippen LogP contribution in [-0.4, -0.2) is 9.75 Å². The molecule has 0 spiro atoms. The average Bonchev–Trinajstić information content (AvgIpc) is 2.64. The Morgan fingerprint density at radius 1 is 1.24 bits per heavy atom. The Kier molecular flexibility index (Phi) is 3.39. The largest absolute Gasteiger partial charge is 0.237 e. The summed E-state index contributed by atoms with van der Waals surface area (Å²) in [5.41, 5.74) is 1.08. The fourth-order valence-corrected chi connectivity index (χ4v) is 4.04. The van der Waals surface area contributed by atoms with Gasteiger partial charge >= 0.3 is 0 Å². The van der Waals surface area contributed by atoms with Gasteiger partial charge in [0.1, 0.15) is 11.0 Å². The second-order valence-corrected chi connectivity index (χ2v) is 7.26. The molecule has 0 amide bonds. The van der Waals surface area contributed by atoms with Crippen LogP contribution in [0.1, 0.15) is 26.3 Å².